The fourth-order valence-electron chi connectivity index (χ4n) is 2.68. The van der Waals surface area contributed by atoms with Gasteiger partial charge in [0.2, 0.25) is 0 Å². The van der Waals surface area contributed by atoms with E-state index in [0.29, 0.717) is 23.2 Å². The Morgan fingerprint density at radius 2 is 2.20 bits per heavy atom. The van der Waals surface area contributed by atoms with E-state index in [1.54, 1.807) is 24.3 Å². The normalized spacial score (nSPS) is 16.9. The van der Waals surface area contributed by atoms with E-state index in [2.05, 4.69) is 5.32 Å². The molecule has 0 spiro atoms. The molecule has 0 aromatic heterocycles. The van der Waals surface area contributed by atoms with Crippen LogP contribution in [0.3, 0.4) is 0 Å². The molecule has 0 aliphatic heterocycles. The van der Waals surface area contributed by atoms with Crippen molar-refractivity contribution in [2.45, 2.75) is 31.7 Å². The Bertz CT molecular complexity index is 447. The first-order chi connectivity index (χ1) is 9.69. The van der Waals surface area contributed by atoms with Crippen molar-refractivity contribution >= 4 is 17.5 Å². The molecule has 2 rings (SSSR count). The fourth-order valence-corrected chi connectivity index (χ4v) is 2.86. The Morgan fingerprint density at radius 1 is 1.45 bits per heavy atom. The predicted molar refractivity (Wildman–Crippen MR) is 79.9 cm³/mol. The van der Waals surface area contributed by atoms with Crippen LogP contribution in [0, 0.1) is 5.92 Å². The first-order valence-electron chi connectivity index (χ1n) is 7.07. The van der Waals surface area contributed by atoms with Crippen molar-refractivity contribution in [2.75, 3.05) is 13.2 Å². The van der Waals surface area contributed by atoms with Gasteiger partial charge in [0.25, 0.3) is 5.91 Å². The summed E-state index contributed by atoms with van der Waals surface area (Å²) in [7, 11) is 0. The van der Waals surface area contributed by atoms with Gasteiger partial charge in [0.05, 0.1) is 0 Å². The molecule has 1 aliphatic carbocycles. The molecule has 1 amide bonds. The van der Waals surface area contributed by atoms with Crippen molar-refractivity contribution in [3.8, 4) is 5.75 Å². The number of carbonyl (C=O) groups is 1. The van der Waals surface area contributed by atoms with Crippen LogP contribution in [-0.2, 0) is 4.79 Å². The Hall–Kier alpha value is -1.26. The molecule has 20 heavy (non-hydrogen) atoms. The zero-order valence-corrected chi connectivity index (χ0v) is 12.2. The van der Waals surface area contributed by atoms with Crippen molar-refractivity contribution in [1.29, 1.82) is 0 Å². The molecule has 1 saturated carbocycles. The van der Waals surface area contributed by atoms with Gasteiger partial charge in [-0.2, -0.15) is 0 Å². The lowest BCUT2D eigenvalue weighted by Gasteiger charge is -2.23. The minimum atomic E-state index is -0.132. The highest BCUT2D eigenvalue weighted by atomic mass is 35.5. The van der Waals surface area contributed by atoms with Crippen molar-refractivity contribution in [3.63, 3.8) is 0 Å². The van der Waals surface area contributed by atoms with Gasteiger partial charge in [0.15, 0.2) is 6.61 Å². The molecule has 5 heteroatoms. The second-order valence-electron chi connectivity index (χ2n) is 5.20. The highest BCUT2D eigenvalue weighted by molar-refractivity contribution is 6.30. The van der Waals surface area contributed by atoms with E-state index in [4.69, 9.17) is 22.1 Å². The summed E-state index contributed by atoms with van der Waals surface area (Å²) in [5.74, 6) is 0.972. The predicted octanol–water partition coefficient (Wildman–Crippen LogP) is 2.35. The zero-order valence-electron chi connectivity index (χ0n) is 11.5. The van der Waals surface area contributed by atoms with E-state index >= 15 is 0 Å². The molecule has 1 fully saturated rings. The number of halogens is 1. The van der Waals surface area contributed by atoms with Crippen molar-refractivity contribution in [1.82, 2.24) is 5.32 Å². The largest absolute Gasteiger partial charge is 0.484 e. The number of nitrogens with two attached hydrogens (primary N) is 1. The van der Waals surface area contributed by atoms with Crippen LogP contribution in [0.15, 0.2) is 24.3 Å². The van der Waals surface area contributed by atoms with Crippen LogP contribution in [-0.4, -0.2) is 25.1 Å². The smallest absolute Gasteiger partial charge is 0.258 e. The van der Waals surface area contributed by atoms with Gasteiger partial charge in [-0.25, -0.2) is 0 Å². The molecule has 1 aliphatic rings. The Morgan fingerprint density at radius 3 is 2.85 bits per heavy atom. The van der Waals surface area contributed by atoms with E-state index in [9.17, 15) is 4.79 Å². The van der Waals surface area contributed by atoms with Gasteiger partial charge in [0.1, 0.15) is 5.75 Å². The van der Waals surface area contributed by atoms with E-state index in [0.717, 1.165) is 12.8 Å². The lowest BCUT2D eigenvalue weighted by molar-refractivity contribution is -0.124. The van der Waals surface area contributed by atoms with E-state index in [-0.39, 0.29) is 18.6 Å². The summed E-state index contributed by atoms with van der Waals surface area (Å²) >= 11 is 5.86. The lowest BCUT2D eigenvalue weighted by atomic mass is 9.98. The molecule has 110 valence electrons. The monoisotopic (exact) mass is 296 g/mol. The van der Waals surface area contributed by atoms with Crippen LogP contribution in [0.4, 0.5) is 0 Å². The number of hydrogen-bond donors (Lipinski definition) is 2. The topological polar surface area (TPSA) is 64.3 Å². The molecule has 1 unspecified atom stereocenters. The minimum Gasteiger partial charge on any atom is -0.484 e. The molecule has 0 radical (unpaired) electrons. The van der Waals surface area contributed by atoms with Crippen molar-refractivity contribution in [2.24, 2.45) is 11.7 Å². The van der Waals surface area contributed by atoms with Crippen molar-refractivity contribution in [3.05, 3.63) is 29.3 Å². The van der Waals surface area contributed by atoms with E-state index < -0.39 is 0 Å². The van der Waals surface area contributed by atoms with Crippen LogP contribution in [0.25, 0.3) is 0 Å². The highest BCUT2D eigenvalue weighted by Crippen LogP contribution is 2.27. The van der Waals surface area contributed by atoms with Crippen molar-refractivity contribution < 1.29 is 9.53 Å². The third-order valence-corrected chi connectivity index (χ3v) is 3.97. The number of rotatable bonds is 6. The summed E-state index contributed by atoms with van der Waals surface area (Å²) in [5.41, 5.74) is 5.76. The summed E-state index contributed by atoms with van der Waals surface area (Å²) in [6, 6.07) is 7.08. The lowest BCUT2D eigenvalue weighted by Crippen LogP contribution is -2.46. The number of carbonyl (C=O) groups excluding carboxylic acids is 1. The highest BCUT2D eigenvalue weighted by Gasteiger charge is 2.25. The third-order valence-electron chi connectivity index (χ3n) is 3.74. The Labute approximate surface area is 124 Å². The summed E-state index contributed by atoms with van der Waals surface area (Å²) < 4.78 is 5.42. The average molecular weight is 297 g/mol. The molecular formula is C15H21ClN2O2. The second-order valence-corrected chi connectivity index (χ2v) is 5.64. The molecule has 1 atom stereocenters. The van der Waals surface area contributed by atoms with Gasteiger partial charge in [-0.05, 0) is 37.0 Å². The molecule has 1 aromatic carbocycles. The summed E-state index contributed by atoms with van der Waals surface area (Å²) in [5, 5.41) is 3.56. The number of benzene rings is 1. The molecule has 0 saturated heterocycles. The van der Waals surface area contributed by atoms with Crippen LogP contribution in [0.5, 0.6) is 5.75 Å². The van der Waals surface area contributed by atoms with Gasteiger partial charge < -0.3 is 15.8 Å². The SMILES string of the molecule is NCC(NC(=O)COc1cccc(Cl)c1)C1CCCC1. The van der Waals surface area contributed by atoms with E-state index in [1.807, 2.05) is 0 Å². The first kappa shape index (κ1) is 15.1. The third kappa shape index (κ3) is 4.39. The van der Waals surface area contributed by atoms with Gasteiger partial charge in [-0.15, -0.1) is 0 Å². The van der Waals surface area contributed by atoms with Gasteiger partial charge in [-0.1, -0.05) is 30.5 Å². The first-order valence-corrected chi connectivity index (χ1v) is 7.44. The maximum atomic E-state index is 11.9. The van der Waals surface area contributed by atoms with Gasteiger partial charge in [0, 0.05) is 17.6 Å². The molecule has 1 aromatic rings. The van der Waals surface area contributed by atoms with Crippen LogP contribution in [0.2, 0.25) is 5.02 Å². The average Bonchev–Trinajstić information content (AvgIpc) is 2.96. The molecule has 0 bridgehead atoms. The molecule has 0 heterocycles. The fraction of sp³-hybridized carbons (Fsp3) is 0.533. The molecule has 3 N–H and O–H groups in total. The zero-order chi connectivity index (χ0) is 14.4. The Kier molecular flexibility index (Phi) is 5.68. The molecular weight excluding hydrogens is 276 g/mol. The maximum absolute atomic E-state index is 11.9. The molecule has 4 nitrogen and oxygen atoms in total. The quantitative estimate of drug-likeness (QED) is 0.847. The van der Waals surface area contributed by atoms with Crippen LogP contribution >= 0.6 is 11.6 Å². The number of amides is 1. The van der Waals surface area contributed by atoms with Gasteiger partial charge in [-0.3, -0.25) is 4.79 Å². The summed E-state index contributed by atoms with van der Waals surface area (Å²) in [4.78, 5) is 11.9. The summed E-state index contributed by atoms with van der Waals surface area (Å²) in [6.07, 6.45) is 4.76. The number of hydrogen-bond acceptors (Lipinski definition) is 3. The second kappa shape index (κ2) is 7.50. The number of nitrogens with one attached hydrogen (secondary N) is 1. The maximum Gasteiger partial charge on any atom is 0.258 e. The summed E-state index contributed by atoms with van der Waals surface area (Å²) in [6.45, 7) is 0.469. The number of ether oxygens (including phenoxy) is 1. The van der Waals surface area contributed by atoms with Gasteiger partial charge >= 0.3 is 0 Å². The standard InChI is InChI=1S/C15H21ClN2O2/c16-12-6-3-7-13(8-12)20-10-15(19)18-14(9-17)11-4-1-2-5-11/h3,6-8,11,14H,1-2,4-5,9-10,17H2,(H,18,19). The minimum absolute atomic E-state index is 0.0104. The van der Waals surface area contributed by atoms with E-state index in [1.165, 1.54) is 12.8 Å². The Balaban J connectivity index is 1.79. The van der Waals surface area contributed by atoms with Crippen LogP contribution < -0.4 is 15.8 Å². The van der Waals surface area contributed by atoms with Crippen LogP contribution in [0.1, 0.15) is 25.7 Å².